The second kappa shape index (κ2) is 4.63. The van der Waals surface area contributed by atoms with Crippen LogP contribution < -0.4 is 9.64 Å². The van der Waals surface area contributed by atoms with Crippen molar-refractivity contribution in [2.75, 3.05) is 4.90 Å². The number of aryl methyl sites for hydroxylation is 1. The fraction of sp³-hybridized carbons (Fsp3) is 0.0556. The Hall–Kier alpha value is -2.81. The number of rotatable bonds is 1. The number of hydrogen-bond donors (Lipinski definition) is 0. The number of aromatic nitrogens is 1. The van der Waals surface area contributed by atoms with E-state index in [9.17, 15) is 0 Å². The van der Waals surface area contributed by atoms with Crippen molar-refractivity contribution < 1.29 is 4.74 Å². The molecule has 0 bridgehead atoms. The number of para-hydroxylation sites is 1. The molecule has 0 N–H and O–H groups in total. The van der Waals surface area contributed by atoms with Crippen LogP contribution in [0.4, 0.5) is 17.1 Å². The van der Waals surface area contributed by atoms with Gasteiger partial charge in [0.2, 0.25) is 5.88 Å². The molecule has 1 aromatic heterocycles. The maximum atomic E-state index is 5.96. The summed E-state index contributed by atoms with van der Waals surface area (Å²) in [6, 6.07) is 20.5. The minimum Gasteiger partial charge on any atom is -0.435 e. The van der Waals surface area contributed by atoms with E-state index in [2.05, 4.69) is 41.1 Å². The first-order valence-electron chi connectivity index (χ1n) is 6.91. The van der Waals surface area contributed by atoms with Gasteiger partial charge in [0, 0.05) is 11.9 Å². The molecule has 1 aliphatic rings. The van der Waals surface area contributed by atoms with Crippen molar-refractivity contribution in [3.05, 3.63) is 72.4 Å². The fourth-order valence-corrected chi connectivity index (χ4v) is 2.61. The van der Waals surface area contributed by atoms with Crippen LogP contribution in [0, 0.1) is 6.92 Å². The van der Waals surface area contributed by atoms with Crippen molar-refractivity contribution in [3.8, 4) is 11.6 Å². The predicted octanol–water partition coefficient (Wildman–Crippen LogP) is 4.97. The van der Waals surface area contributed by atoms with E-state index >= 15 is 0 Å². The van der Waals surface area contributed by atoms with Gasteiger partial charge in [-0.2, -0.15) is 0 Å². The van der Waals surface area contributed by atoms with Gasteiger partial charge in [0.15, 0.2) is 5.75 Å². The molecule has 2 aromatic carbocycles. The highest BCUT2D eigenvalue weighted by molar-refractivity contribution is 5.85. The third kappa shape index (κ3) is 1.94. The molecule has 21 heavy (non-hydrogen) atoms. The van der Waals surface area contributed by atoms with Crippen LogP contribution >= 0.6 is 0 Å². The average molecular weight is 274 g/mol. The number of nitrogens with zero attached hydrogens (tertiary/aromatic N) is 2. The van der Waals surface area contributed by atoms with Crippen LogP contribution in [0.15, 0.2) is 66.9 Å². The van der Waals surface area contributed by atoms with Gasteiger partial charge in [-0.1, -0.05) is 24.3 Å². The van der Waals surface area contributed by atoms with Crippen LogP contribution in [-0.4, -0.2) is 4.98 Å². The maximum Gasteiger partial charge on any atom is 0.243 e. The smallest absolute Gasteiger partial charge is 0.243 e. The summed E-state index contributed by atoms with van der Waals surface area (Å²) in [6.07, 6.45) is 1.75. The summed E-state index contributed by atoms with van der Waals surface area (Å²) in [4.78, 5) is 6.54. The molecule has 3 nitrogen and oxygen atoms in total. The van der Waals surface area contributed by atoms with Gasteiger partial charge in [0.25, 0.3) is 0 Å². The molecule has 0 aliphatic carbocycles. The maximum absolute atomic E-state index is 5.96. The minimum atomic E-state index is 0.638. The summed E-state index contributed by atoms with van der Waals surface area (Å²) in [5.74, 6) is 1.48. The van der Waals surface area contributed by atoms with E-state index in [4.69, 9.17) is 4.74 Å². The van der Waals surface area contributed by atoms with Gasteiger partial charge in [-0.25, -0.2) is 4.98 Å². The first kappa shape index (κ1) is 12.0. The van der Waals surface area contributed by atoms with Gasteiger partial charge in [-0.3, -0.25) is 0 Å². The van der Waals surface area contributed by atoms with Crippen molar-refractivity contribution in [1.82, 2.24) is 4.98 Å². The van der Waals surface area contributed by atoms with Crippen molar-refractivity contribution in [1.29, 1.82) is 0 Å². The number of ether oxygens (including phenoxy) is 1. The Morgan fingerprint density at radius 3 is 2.62 bits per heavy atom. The monoisotopic (exact) mass is 274 g/mol. The van der Waals surface area contributed by atoms with Crippen molar-refractivity contribution in [3.63, 3.8) is 0 Å². The number of hydrogen-bond acceptors (Lipinski definition) is 3. The Morgan fingerprint density at radius 1 is 0.905 bits per heavy atom. The molecule has 0 unspecified atom stereocenters. The van der Waals surface area contributed by atoms with E-state index in [-0.39, 0.29) is 0 Å². The molecule has 0 amide bonds. The molecule has 1 aliphatic heterocycles. The Kier molecular flexibility index (Phi) is 2.64. The van der Waals surface area contributed by atoms with Crippen LogP contribution in [0.3, 0.4) is 0 Å². The normalized spacial score (nSPS) is 12.3. The second-order valence-electron chi connectivity index (χ2n) is 5.07. The SMILES string of the molecule is Cc1ccc2c(c1)Oc1ncccc1N2c1ccccc1. The van der Waals surface area contributed by atoms with Gasteiger partial charge < -0.3 is 9.64 Å². The number of pyridine rings is 1. The molecule has 0 saturated carbocycles. The van der Waals surface area contributed by atoms with Crippen LogP contribution in [0.5, 0.6) is 11.6 Å². The molecule has 0 fully saturated rings. The van der Waals surface area contributed by atoms with E-state index in [1.54, 1.807) is 6.20 Å². The lowest BCUT2D eigenvalue weighted by molar-refractivity contribution is 0.457. The molecular weight excluding hydrogens is 260 g/mol. The molecule has 2 heterocycles. The number of benzene rings is 2. The Labute approximate surface area is 123 Å². The summed E-state index contributed by atoms with van der Waals surface area (Å²) in [7, 11) is 0. The minimum absolute atomic E-state index is 0.638. The predicted molar refractivity (Wildman–Crippen MR) is 83.7 cm³/mol. The van der Waals surface area contributed by atoms with E-state index in [1.165, 1.54) is 5.56 Å². The van der Waals surface area contributed by atoms with Gasteiger partial charge >= 0.3 is 0 Å². The first-order chi connectivity index (χ1) is 10.3. The third-order valence-corrected chi connectivity index (χ3v) is 3.57. The highest BCUT2D eigenvalue weighted by atomic mass is 16.5. The van der Waals surface area contributed by atoms with Crippen LogP contribution in [-0.2, 0) is 0 Å². The van der Waals surface area contributed by atoms with Gasteiger partial charge in [0.05, 0.1) is 5.69 Å². The van der Waals surface area contributed by atoms with Gasteiger partial charge in [-0.05, 0) is 48.9 Å². The fourth-order valence-electron chi connectivity index (χ4n) is 2.61. The summed E-state index contributed by atoms with van der Waals surface area (Å²) in [5.41, 5.74) is 4.26. The summed E-state index contributed by atoms with van der Waals surface area (Å²) in [6.45, 7) is 2.06. The molecule has 0 saturated heterocycles. The first-order valence-corrected chi connectivity index (χ1v) is 6.91. The van der Waals surface area contributed by atoms with Crippen LogP contribution in [0.1, 0.15) is 5.56 Å². The van der Waals surface area contributed by atoms with Crippen LogP contribution in [0.2, 0.25) is 0 Å². The molecular formula is C18H14N2O. The summed E-state index contributed by atoms with van der Waals surface area (Å²) in [5, 5.41) is 0. The molecule has 3 heteroatoms. The molecule has 0 atom stereocenters. The Balaban J connectivity index is 1.97. The quantitative estimate of drug-likeness (QED) is 0.490. The Morgan fingerprint density at radius 2 is 1.76 bits per heavy atom. The lowest BCUT2D eigenvalue weighted by atomic mass is 10.1. The van der Waals surface area contributed by atoms with E-state index in [0.717, 1.165) is 22.8 Å². The molecule has 4 rings (SSSR count). The summed E-state index contributed by atoms with van der Waals surface area (Å²) < 4.78 is 5.96. The average Bonchev–Trinajstić information content (AvgIpc) is 2.53. The zero-order chi connectivity index (χ0) is 14.2. The molecule has 0 spiro atoms. The van der Waals surface area contributed by atoms with Crippen molar-refractivity contribution in [2.24, 2.45) is 0 Å². The number of fused-ring (bicyclic) bond motifs is 2. The van der Waals surface area contributed by atoms with E-state index in [0.29, 0.717) is 5.88 Å². The zero-order valence-electron chi connectivity index (χ0n) is 11.7. The van der Waals surface area contributed by atoms with Crippen molar-refractivity contribution in [2.45, 2.75) is 6.92 Å². The van der Waals surface area contributed by atoms with E-state index in [1.807, 2.05) is 36.4 Å². The highest BCUT2D eigenvalue weighted by Gasteiger charge is 2.26. The molecule has 102 valence electrons. The number of anilines is 3. The van der Waals surface area contributed by atoms with Crippen LogP contribution in [0.25, 0.3) is 0 Å². The highest BCUT2D eigenvalue weighted by Crippen LogP contribution is 2.49. The zero-order valence-corrected chi connectivity index (χ0v) is 11.7. The van der Waals surface area contributed by atoms with E-state index < -0.39 is 0 Å². The summed E-state index contributed by atoms with van der Waals surface area (Å²) >= 11 is 0. The van der Waals surface area contributed by atoms with Gasteiger partial charge in [0.1, 0.15) is 5.69 Å². The van der Waals surface area contributed by atoms with Crippen molar-refractivity contribution >= 4 is 17.1 Å². The van der Waals surface area contributed by atoms with Gasteiger partial charge in [-0.15, -0.1) is 0 Å². The topological polar surface area (TPSA) is 25.4 Å². The lowest BCUT2D eigenvalue weighted by Crippen LogP contribution is -2.16. The third-order valence-electron chi connectivity index (χ3n) is 3.57. The molecule has 0 radical (unpaired) electrons. The second-order valence-corrected chi connectivity index (χ2v) is 5.07. The largest absolute Gasteiger partial charge is 0.435 e. The molecule has 3 aromatic rings. The standard InChI is InChI=1S/C18H14N2O/c1-13-9-10-15-17(12-13)21-18-16(8-5-11-19-18)20(15)14-6-3-2-4-7-14/h2-12H,1H3. The lowest BCUT2D eigenvalue weighted by Gasteiger charge is -2.32. The Bertz CT molecular complexity index is 799.